The smallest absolute Gasteiger partial charge is 0.246 e. The summed E-state index contributed by atoms with van der Waals surface area (Å²) in [6.45, 7) is 2.61. The number of carbonyl (C=O) groups is 1. The highest BCUT2D eigenvalue weighted by molar-refractivity contribution is 6.30. The van der Waals surface area contributed by atoms with Gasteiger partial charge in [0.1, 0.15) is 12.4 Å². The van der Waals surface area contributed by atoms with E-state index in [4.69, 9.17) is 16.3 Å². The molecule has 1 amide bonds. The molecule has 144 valence electrons. The van der Waals surface area contributed by atoms with Crippen LogP contribution in [0, 0.1) is 0 Å². The lowest BCUT2D eigenvalue weighted by atomic mass is 10.0. The molecule has 0 radical (unpaired) electrons. The molecule has 1 unspecified atom stereocenters. The predicted molar refractivity (Wildman–Crippen MR) is 107 cm³/mol. The monoisotopic (exact) mass is 397 g/mol. The van der Waals surface area contributed by atoms with Gasteiger partial charge >= 0.3 is 0 Å². The van der Waals surface area contributed by atoms with Crippen LogP contribution in [-0.4, -0.2) is 52.3 Å². The third-order valence-corrected chi connectivity index (χ3v) is 4.92. The zero-order valence-corrected chi connectivity index (χ0v) is 15.9. The number of rotatable bonds is 5. The topological polar surface area (TPSA) is 83.1 Å². The lowest BCUT2D eigenvalue weighted by Crippen LogP contribution is -2.43. The molecule has 0 aliphatic carbocycles. The first-order chi connectivity index (χ1) is 13.7. The minimum atomic E-state index is -0.421. The van der Waals surface area contributed by atoms with Crippen molar-refractivity contribution in [3.05, 3.63) is 65.4 Å². The van der Waals surface area contributed by atoms with Gasteiger partial charge < -0.3 is 10.1 Å². The van der Waals surface area contributed by atoms with Crippen LogP contribution in [-0.2, 0) is 9.53 Å². The van der Waals surface area contributed by atoms with Crippen molar-refractivity contribution in [3.63, 3.8) is 0 Å². The van der Waals surface area contributed by atoms with Crippen LogP contribution in [0.5, 0.6) is 0 Å². The molecule has 1 aromatic heterocycles. The Balaban J connectivity index is 1.58. The molecule has 1 saturated heterocycles. The van der Waals surface area contributed by atoms with Crippen LogP contribution in [0.3, 0.4) is 0 Å². The summed E-state index contributed by atoms with van der Waals surface area (Å²) in [5.74, 6) is 0.553. The fraction of sp³-hybridized carbons (Fsp3) is 0.250. The number of hydrogen-bond donors (Lipinski definition) is 2. The van der Waals surface area contributed by atoms with Crippen LogP contribution in [0.1, 0.15) is 11.6 Å². The molecule has 8 heteroatoms. The Morgan fingerprint density at radius 1 is 1.18 bits per heavy atom. The number of anilines is 1. The minimum absolute atomic E-state index is 0.0982. The molecule has 1 fully saturated rings. The molecule has 1 aliphatic rings. The van der Waals surface area contributed by atoms with E-state index in [1.54, 1.807) is 0 Å². The van der Waals surface area contributed by atoms with Crippen LogP contribution < -0.4 is 5.32 Å². The lowest BCUT2D eigenvalue weighted by molar-refractivity contribution is -0.123. The van der Waals surface area contributed by atoms with E-state index in [9.17, 15) is 4.79 Å². The number of amides is 1. The van der Waals surface area contributed by atoms with E-state index in [1.165, 1.54) is 6.33 Å². The second kappa shape index (κ2) is 8.52. The average molecular weight is 398 g/mol. The normalized spacial score (nSPS) is 15.9. The zero-order chi connectivity index (χ0) is 19.3. The summed E-state index contributed by atoms with van der Waals surface area (Å²) in [7, 11) is 0. The number of morpholine rings is 1. The van der Waals surface area contributed by atoms with Gasteiger partial charge in [0.05, 0.1) is 13.2 Å². The Morgan fingerprint density at radius 3 is 2.68 bits per heavy atom. The lowest BCUT2D eigenvalue weighted by Gasteiger charge is -2.33. The maximum absolute atomic E-state index is 13.2. The van der Waals surface area contributed by atoms with Gasteiger partial charge in [-0.05, 0) is 29.8 Å². The standard InChI is InChI=1S/C20H20ClN5O2/c21-16-6-4-14(5-7-16)18(26-8-10-28-11-9-26)20(27)24-17-3-1-2-15(12-17)19-22-13-23-25-19/h1-7,12-13,18H,8-11H2,(H,24,27)(H,22,23,25). The quantitative estimate of drug-likeness (QED) is 0.691. The highest BCUT2D eigenvalue weighted by atomic mass is 35.5. The first-order valence-electron chi connectivity index (χ1n) is 9.04. The maximum atomic E-state index is 13.2. The maximum Gasteiger partial charge on any atom is 0.246 e. The van der Waals surface area contributed by atoms with Crippen LogP contribution in [0.4, 0.5) is 5.69 Å². The van der Waals surface area contributed by atoms with E-state index in [0.717, 1.165) is 11.1 Å². The third kappa shape index (κ3) is 4.22. The van der Waals surface area contributed by atoms with Gasteiger partial charge in [-0.15, -0.1) is 0 Å². The number of aromatic amines is 1. The number of aromatic nitrogens is 3. The number of benzene rings is 2. The molecule has 2 heterocycles. The van der Waals surface area contributed by atoms with E-state index in [-0.39, 0.29) is 5.91 Å². The fourth-order valence-electron chi connectivity index (χ4n) is 3.31. The molecule has 2 aromatic carbocycles. The van der Waals surface area contributed by atoms with Crippen molar-refractivity contribution < 1.29 is 9.53 Å². The Kier molecular flexibility index (Phi) is 5.66. The van der Waals surface area contributed by atoms with Crippen molar-refractivity contribution in [2.45, 2.75) is 6.04 Å². The zero-order valence-electron chi connectivity index (χ0n) is 15.1. The van der Waals surface area contributed by atoms with Gasteiger partial charge in [-0.1, -0.05) is 35.9 Å². The Hall–Kier alpha value is -2.74. The molecule has 1 atom stereocenters. The largest absolute Gasteiger partial charge is 0.379 e. The Labute approximate surface area is 167 Å². The van der Waals surface area contributed by atoms with Crippen molar-refractivity contribution in [2.24, 2.45) is 0 Å². The SMILES string of the molecule is O=C(Nc1cccc(-c2ncn[nH]2)c1)C(c1ccc(Cl)cc1)N1CCOCC1. The summed E-state index contributed by atoms with van der Waals surface area (Å²) in [6, 6.07) is 14.5. The van der Waals surface area contributed by atoms with Gasteiger partial charge in [-0.25, -0.2) is 4.98 Å². The van der Waals surface area contributed by atoms with E-state index in [2.05, 4.69) is 25.4 Å². The number of halogens is 1. The second-order valence-electron chi connectivity index (χ2n) is 6.51. The number of ether oxygens (including phenoxy) is 1. The molecule has 3 aromatic rings. The molecular weight excluding hydrogens is 378 g/mol. The number of nitrogens with zero attached hydrogens (tertiary/aromatic N) is 3. The van der Waals surface area contributed by atoms with E-state index < -0.39 is 6.04 Å². The van der Waals surface area contributed by atoms with Gasteiger partial charge in [0.25, 0.3) is 0 Å². The van der Waals surface area contributed by atoms with Crippen LogP contribution >= 0.6 is 11.6 Å². The Bertz CT molecular complexity index is 924. The fourth-order valence-corrected chi connectivity index (χ4v) is 3.43. The number of hydrogen-bond acceptors (Lipinski definition) is 5. The average Bonchev–Trinajstić information content (AvgIpc) is 3.26. The molecule has 0 bridgehead atoms. The first kappa shape index (κ1) is 18.6. The summed E-state index contributed by atoms with van der Waals surface area (Å²) >= 11 is 6.03. The minimum Gasteiger partial charge on any atom is -0.379 e. The highest BCUT2D eigenvalue weighted by Crippen LogP contribution is 2.26. The van der Waals surface area contributed by atoms with Gasteiger partial charge in [0.2, 0.25) is 5.91 Å². The number of H-pyrrole nitrogens is 1. The number of carbonyl (C=O) groups excluding carboxylic acids is 1. The van der Waals surface area contributed by atoms with Gasteiger partial charge in [-0.2, -0.15) is 5.10 Å². The van der Waals surface area contributed by atoms with Crippen LogP contribution in [0.15, 0.2) is 54.9 Å². The van der Waals surface area contributed by atoms with Crippen LogP contribution in [0.2, 0.25) is 5.02 Å². The van der Waals surface area contributed by atoms with E-state index in [0.29, 0.717) is 42.8 Å². The summed E-state index contributed by atoms with van der Waals surface area (Å²) in [6.07, 6.45) is 1.45. The van der Waals surface area contributed by atoms with Crippen molar-refractivity contribution in [3.8, 4) is 11.4 Å². The van der Waals surface area contributed by atoms with Gasteiger partial charge in [0, 0.05) is 29.4 Å². The number of nitrogens with one attached hydrogen (secondary N) is 2. The molecular formula is C20H20ClN5O2. The van der Waals surface area contributed by atoms with Crippen molar-refractivity contribution >= 4 is 23.2 Å². The second-order valence-corrected chi connectivity index (χ2v) is 6.94. The van der Waals surface area contributed by atoms with Crippen LogP contribution in [0.25, 0.3) is 11.4 Å². The molecule has 7 nitrogen and oxygen atoms in total. The molecule has 1 aliphatic heterocycles. The highest BCUT2D eigenvalue weighted by Gasteiger charge is 2.29. The Morgan fingerprint density at radius 2 is 1.96 bits per heavy atom. The molecule has 0 spiro atoms. The molecule has 2 N–H and O–H groups in total. The molecule has 0 saturated carbocycles. The van der Waals surface area contributed by atoms with Crippen molar-refractivity contribution in [2.75, 3.05) is 31.6 Å². The third-order valence-electron chi connectivity index (χ3n) is 4.66. The molecule has 4 rings (SSSR count). The van der Waals surface area contributed by atoms with Gasteiger partial charge in [-0.3, -0.25) is 14.8 Å². The van der Waals surface area contributed by atoms with Crippen molar-refractivity contribution in [1.82, 2.24) is 20.1 Å². The summed E-state index contributed by atoms with van der Waals surface area (Å²) in [5, 5.41) is 10.4. The summed E-state index contributed by atoms with van der Waals surface area (Å²) < 4.78 is 5.45. The summed E-state index contributed by atoms with van der Waals surface area (Å²) in [4.78, 5) is 19.5. The van der Waals surface area contributed by atoms with E-state index in [1.807, 2.05) is 48.5 Å². The van der Waals surface area contributed by atoms with Gasteiger partial charge in [0.15, 0.2) is 5.82 Å². The first-order valence-corrected chi connectivity index (χ1v) is 9.42. The summed E-state index contributed by atoms with van der Waals surface area (Å²) in [5.41, 5.74) is 2.45. The van der Waals surface area contributed by atoms with Crippen molar-refractivity contribution in [1.29, 1.82) is 0 Å². The van der Waals surface area contributed by atoms with E-state index >= 15 is 0 Å². The molecule has 28 heavy (non-hydrogen) atoms. The predicted octanol–water partition coefficient (Wildman–Crippen LogP) is 3.14.